The minimum Gasteiger partial charge on any atom is -0.495 e. The van der Waals surface area contributed by atoms with Gasteiger partial charge in [0.2, 0.25) is 20.0 Å². The second-order valence-corrected chi connectivity index (χ2v) is 12.8. The first-order chi connectivity index (χ1) is 16.9. The van der Waals surface area contributed by atoms with Crippen LogP contribution < -0.4 is 14.2 Å². The smallest absolute Gasteiger partial charge is 0.244 e. The predicted molar refractivity (Wildman–Crippen MR) is 139 cm³/mol. The van der Waals surface area contributed by atoms with Crippen LogP contribution in [-0.2, 0) is 32.9 Å². The van der Waals surface area contributed by atoms with E-state index in [1.54, 1.807) is 12.1 Å². The molecule has 3 aromatic carbocycles. The van der Waals surface area contributed by atoms with Crippen molar-refractivity contribution >= 4 is 51.9 Å². The topological polar surface area (TPSA) is 102 Å². The molecule has 0 aliphatic heterocycles. The van der Waals surface area contributed by atoms with E-state index in [1.807, 2.05) is 0 Å². The Balaban J connectivity index is 1.72. The average molecular weight is 668 g/mol. The molecule has 7 nitrogen and oxygen atoms in total. The van der Waals surface area contributed by atoms with Crippen LogP contribution in [0.15, 0.2) is 73.3 Å². The van der Waals surface area contributed by atoms with Crippen LogP contribution in [-0.4, -0.2) is 37.0 Å². The third-order valence-electron chi connectivity index (χ3n) is 5.11. The van der Waals surface area contributed by atoms with E-state index in [4.69, 9.17) is 4.74 Å². The van der Waals surface area contributed by atoms with Crippen LogP contribution in [0.25, 0.3) is 0 Å². The molecular formula is C23H22Br2F2N2O5S2. The van der Waals surface area contributed by atoms with Gasteiger partial charge in [0, 0.05) is 13.1 Å². The summed E-state index contributed by atoms with van der Waals surface area (Å²) in [5, 5.41) is 0. The van der Waals surface area contributed by atoms with Crippen molar-refractivity contribution in [2.45, 2.75) is 22.6 Å². The van der Waals surface area contributed by atoms with E-state index in [1.165, 1.54) is 43.5 Å². The van der Waals surface area contributed by atoms with Crippen molar-refractivity contribution in [2.75, 3.05) is 20.2 Å². The van der Waals surface area contributed by atoms with Gasteiger partial charge in [-0.25, -0.2) is 35.1 Å². The van der Waals surface area contributed by atoms with Gasteiger partial charge in [-0.3, -0.25) is 0 Å². The fourth-order valence-corrected chi connectivity index (χ4v) is 6.10. The Labute approximate surface area is 225 Å². The molecule has 2 N–H and O–H groups in total. The Morgan fingerprint density at radius 2 is 1.25 bits per heavy atom. The molecule has 0 radical (unpaired) electrons. The molecule has 0 bridgehead atoms. The molecule has 13 heteroatoms. The van der Waals surface area contributed by atoms with Crippen molar-refractivity contribution in [2.24, 2.45) is 0 Å². The van der Waals surface area contributed by atoms with Crippen LogP contribution in [0.3, 0.4) is 0 Å². The van der Waals surface area contributed by atoms with Crippen molar-refractivity contribution in [1.29, 1.82) is 0 Å². The van der Waals surface area contributed by atoms with Gasteiger partial charge in [0.25, 0.3) is 0 Å². The van der Waals surface area contributed by atoms with Crippen LogP contribution >= 0.6 is 31.9 Å². The standard InChI is InChI=1S/C23H22Br2F2N2O5S2/c1-34-22-7-4-17(35(30,31)28-10-8-15-2-5-18(24)20(26)12-15)14-23(22)36(32,33)29-11-9-16-3-6-19(25)21(27)13-16/h2-7,12-14,28-29H,8-11H2,1H3. The lowest BCUT2D eigenvalue weighted by molar-refractivity contribution is 0.401. The third kappa shape index (κ3) is 7.33. The number of ether oxygens (including phenoxy) is 1. The van der Waals surface area contributed by atoms with Gasteiger partial charge in [0.05, 0.1) is 21.0 Å². The molecule has 36 heavy (non-hydrogen) atoms. The molecule has 0 spiro atoms. The van der Waals surface area contributed by atoms with E-state index in [-0.39, 0.29) is 41.5 Å². The summed E-state index contributed by atoms with van der Waals surface area (Å²) in [6, 6.07) is 12.4. The van der Waals surface area contributed by atoms with Gasteiger partial charge in [-0.15, -0.1) is 0 Å². The monoisotopic (exact) mass is 666 g/mol. The molecule has 0 aliphatic rings. The molecule has 0 fully saturated rings. The Hall–Kier alpha value is -1.90. The maximum Gasteiger partial charge on any atom is 0.244 e. The largest absolute Gasteiger partial charge is 0.495 e. The van der Waals surface area contributed by atoms with Crippen molar-refractivity contribution in [3.8, 4) is 5.75 Å². The molecule has 0 unspecified atom stereocenters. The van der Waals surface area contributed by atoms with Crippen LogP contribution in [0, 0.1) is 11.6 Å². The molecule has 0 saturated heterocycles. The minimum absolute atomic E-state index is 0.0283. The Bertz CT molecular complexity index is 1470. The fraction of sp³-hybridized carbons (Fsp3) is 0.217. The van der Waals surface area contributed by atoms with Crippen molar-refractivity contribution < 1.29 is 30.4 Å². The summed E-state index contributed by atoms with van der Waals surface area (Å²) in [7, 11) is -6.97. The van der Waals surface area contributed by atoms with E-state index in [0.717, 1.165) is 6.07 Å². The van der Waals surface area contributed by atoms with Gasteiger partial charge >= 0.3 is 0 Å². The number of nitrogens with one attached hydrogen (secondary N) is 2. The summed E-state index contributed by atoms with van der Waals surface area (Å²) in [6.07, 6.45) is 0.435. The number of sulfonamides is 2. The van der Waals surface area contributed by atoms with Crippen LogP contribution in [0.1, 0.15) is 11.1 Å². The van der Waals surface area contributed by atoms with E-state index in [0.29, 0.717) is 20.1 Å². The molecule has 194 valence electrons. The molecule has 3 aromatic rings. The highest BCUT2D eigenvalue weighted by Crippen LogP contribution is 2.27. The zero-order valence-corrected chi connectivity index (χ0v) is 23.7. The first-order valence-electron chi connectivity index (χ1n) is 10.5. The number of methoxy groups -OCH3 is 1. The fourth-order valence-electron chi connectivity index (χ4n) is 3.25. The lowest BCUT2D eigenvalue weighted by Gasteiger charge is -2.13. The second kappa shape index (κ2) is 12.1. The summed E-state index contributed by atoms with van der Waals surface area (Å²) >= 11 is 6.12. The van der Waals surface area contributed by atoms with Gasteiger partial charge in [-0.2, -0.15) is 0 Å². The number of hydrogen-bond donors (Lipinski definition) is 2. The zero-order chi connectivity index (χ0) is 26.5. The first-order valence-corrected chi connectivity index (χ1v) is 15.0. The van der Waals surface area contributed by atoms with E-state index >= 15 is 0 Å². The van der Waals surface area contributed by atoms with Crippen molar-refractivity contribution in [3.63, 3.8) is 0 Å². The molecule has 0 aliphatic carbocycles. The minimum atomic E-state index is -4.16. The predicted octanol–water partition coefficient (Wildman–Crippen LogP) is 4.54. The van der Waals surface area contributed by atoms with Gasteiger partial charge in [0.1, 0.15) is 22.3 Å². The second-order valence-electron chi connectivity index (χ2n) is 7.61. The van der Waals surface area contributed by atoms with Gasteiger partial charge < -0.3 is 4.74 Å². The molecular weight excluding hydrogens is 646 g/mol. The Kier molecular flexibility index (Phi) is 9.63. The SMILES string of the molecule is COc1ccc(S(=O)(=O)NCCc2ccc(Br)c(F)c2)cc1S(=O)(=O)NCCc1ccc(Br)c(F)c1. The van der Waals surface area contributed by atoms with Gasteiger partial charge in [-0.1, -0.05) is 12.1 Å². The summed E-state index contributed by atoms with van der Waals surface area (Å²) in [4.78, 5) is -0.634. The highest BCUT2D eigenvalue weighted by Gasteiger charge is 2.24. The maximum absolute atomic E-state index is 13.7. The molecule has 0 atom stereocenters. The molecule has 3 rings (SSSR count). The van der Waals surface area contributed by atoms with Crippen molar-refractivity contribution in [3.05, 3.63) is 86.3 Å². The zero-order valence-electron chi connectivity index (χ0n) is 18.9. The van der Waals surface area contributed by atoms with Crippen LogP contribution in [0.4, 0.5) is 8.78 Å². The quantitative estimate of drug-likeness (QED) is 0.313. The molecule has 0 aromatic heterocycles. The van der Waals surface area contributed by atoms with Crippen LogP contribution in [0.2, 0.25) is 0 Å². The lowest BCUT2D eigenvalue weighted by atomic mass is 10.1. The molecule has 0 amide bonds. The van der Waals surface area contributed by atoms with E-state index in [9.17, 15) is 25.6 Å². The van der Waals surface area contributed by atoms with Gasteiger partial charge in [0.15, 0.2) is 0 Å². The molecule has 0 saturated carbocycles. The first kappa shape index (κ1) is 28.7. The highest BCUT2D eigenvalue weighted by atomic mass is 79.9. The summed E-state index contributed by atoms with van der Waals surface area (Å²) in [5.74, 6) is -0.965. The average Bonchev–Trinajstić information content (AvgIpc) is 2.83. The Morgan fingerprint density at radius 1 is 0.750 bits per heavy atom. The number of rotatable bonds is 11. The van der Waals surface area contributed by atoms with E-state index in [2.05, 4.69) is 41.3 Å². The summed E-state index contributed by atoms with van der Waals surface area (Å²) in [6.45, 7) is -0.0783. The van der Waals surface area contributed by atoms with Crippen molar-refractivity contribution in [1.82, 2.24) is 9.44 Å². The van der Waals surface area contributed by atoms with Gasteiger partial charge in [-0.05, 0) is 98.3 Å². The third-order valence-corrected chi connectivity index (χ3v) is 9.34. The summed E-state index contributed by atoms with van der Waals surface area (Å²) in [5.41, 5.74) is 1.17. The maximum atomic E-state index is 13.7. The van der Waals surface area contributed by atoms with Crippen LogP contribution in [0.5, 0.6) is 5.75 Å². The number of benzene rings is 3. The van der Waals surface area contributed by atoms with E-state index < -0.39 is 31.7 Å². The highest BCUT2D eigenvalue weighted by molar-refractivity contribution is 9.10. The Morgan fingerprint density at radius 3 is 1.72 bits per heavy atom. The summed E-state index contributed by atoms with van der Waals surface area (Å²) < 4.78 is 89.3. The molecule has 0 heterocycles. The number of hydrogen-bond acceptors (Lipinski definition) is 5. The lowest BCUT2D eigenvalue weighted by Crippen LogP contribution is -2.28. The normalized spacial score (nSPS) is 12.0. The number of halogens is 4.